The van der Waals surface area contributed by atoms with Crippen LogP contribution < -0.4 is 10.6 Å². The van der Waals surface area contributed by atoms with Gasteiger partial charge in [-0.2, -0.15) is 0 Å². The van der Waals surface area contributed by atoms with Crippen LogP contribution in [0.25, 0.3) is 0 Å². The van der Waals surface area contributed by atoms with Gasteiger partial charge in [-0.05, 0) is 25.0 Å². The van der Waals surface area contributed by atoms with Gasteiger partial charge in [0.2, 0.25) is 11.8 Å². The van der Waals surface area contributed by atoms with Crippen LogP contribution >= 0.6 is 0 Å². The fraction of sp³-hybridized carbons (Fsp3) is 0.556. The van der Waals surface area contributed by atoms with Crippen molar-refractivity contribution in [1.29, 1.82) is 0 Å². The molecule has 0 aromatic carbocycles. The molecule has 1 unspecified atom stereocenters. The van der Waals surface area contributed by atoms with E-state index in [1.807, 2.05) is 4.90 Å². The van der Waals surface area contributed by atoms with Crippen molar-refractivity contribution in [2.75, 3.05) is 18.9 Å². The maximum absolute atomic E-state index is 12.5. The van der Waals surface area contributed by atoms with Crippen LogP contribution in [-0.2, 0) is 9.59 Å². The summed E-state index contributed by atoms with van der Waals surface area (Å²) in [6.45, 7) is 0.492. The number of pyridine rings is 1. The molecule has 1 atom stereocenters. The predicted octanol–water partition coefficient (Wildman–Crippen LogP) is 1.56. The van der Waals surface area contributed by atoms with Crippen LogP contribution in [0.5, 0.6) is 0 Å². The van der Waals surface area contributed by atoms with Crippen LogP contribution in [0.3, 0.4) is 0 Å². The summed E-state index contributed by atoms with van der Waals surface area (Å²) in [5, 5.41) is 5.27. The van der Waals surface area contributed by atoms with Crippen molar-refractivity contribution >= 4 is 23.5 Å². The number of aromatic nitrogens is 1. The third-order valence-corrected chi connectivity index (χ3v) is 5.05. The van der Waals surface area contributed by atoms with Crippen molar-refractivity contribution in [1.82, 2.24) is 15.2 Å². The van der Waals surface area contributed by atoms with E-state index >= 15 is 0 Å². The van der Waals surface area contributed by atoms with Gasteiger partial charge in [0, 0.05) is 32.3 Å². The number of nitrogens with zero attached hydrogens (tertiary/aromatic N) is 2. The summed E-state index contributed by atoms with van der Waals surface area (Å²) in [6, 6.07) is 3.50. The Hall–Kier alpha value is -2.44. The average Bonchev–Trinajstić information content (AvgIpc) is 3.04. The molecule has 1 aromatic heterocycles. The third kappa shape index (κ3) is 3.97. The molecule has 3 amide bonds. The Labute approximate surface area is 147 Å². The second-order valence-corrected chi connectivity index (χ2v) is 6.74. The molecule has 1 aromatic rings. The van der Waals surface area contributed by atoms with Crippen molar-refractivity contribution in [2.45, 2.75) is 44.6 Å². The van der Waals surface area contributed by atoms with Crippen molar-refractivity contribution < 1.29 is 14.4 Å². The Bertz CT molecular complexity index is 653. The molecule has 1 saturated heterocycles. The van der Waals surface area contributed by atoms with Gasteiger partial charge in [-0.25, -0.2) is 4.98 Å². The van der Waals surface area contributed by atoms with Gasteiger partial charge in [0.15, 0.2) is 0 Å². The molecule has 1 aliphatic carbocycles. The Morgan fingerprint density at radius 3 is 2.60 bits per heavy atom. The highest BCUT2D eigenvalue weighted by molar-refractivity contribution is 5.97. The fourth-order valence-corrected chi connectivity index (χ4v) is 3.63. The van der Waals surface area contributed by atoms with E-state index in [1.54, 1.807) is 19.2 Å². The number of carbonyl (C=O) groups excluding carboxylic acids is 3. The summed E-state index contributed by atoms with van der Waals surface area (Å²) in [7, 11) is 1.55. The fourth-order valence-electron chi connectivity index (χ4n) is 3.63. The quantitative estimate of drug-likeness (QED) is 0.867. The normalized spacial score (nSPS) is 21.2. The summed E-state index contributed by atoms with van der Waals surface area (Å²) < 4.78 is 0. The van der Waals surface area contributed by atoms with Crippen LogP contribution in [0.15, 0.2) is 18.3 Å². The second kappa shape index (κ2) is 7.63. The minimum atomic E-state index is -0.338. The first-order valence-corrected chi connectivity index (χ1v) is 8.87. The van der Waals surface area contributed by atoms with Crippen LogP contribution in [0.2, 0.25) is 0 Å². The topological polar surface area (TPSA) is 91.4 Å². The molecule has 1 saturated carbocycles. The van der Waals surface area contributed by atoms with E-state index in [2.05, 4.69) is 15.6 Å². The highest BCUT2D eigenvalue weighted by atomic mass is 16.2. The highest BCUT2D eigenvalue weighted by Gasteiger charge is 2.38. The molecule has 1 aliphatic heterocycles. The van der Waals surface area contributed by atoms with Crippen LogP contribution in [-0.4, -0.2) is 47.2 Å². The number of hydrogen-bond donors (Lipinski definition) is 2. The van der Waals surface area contributed by atoms with Crippen LogP contribution in [0.4, 0.5) is 5.82 Å². The molecule has 0 bridgehead atoms. The first-order valence-electron chi connectivity index (χ1n) is 8.87. The van der Waals surface area contributed by atoms with Crippen molar-refractivity contribution in [3.05, 3.63) is 23.9 Å². The molecule has 7 nitrogen and oxygen atoms in total. The lowest BCUT2D eigenvalue weighted by Crippen LogP contribution is -2.38. The molecule has 2 aliphatic rings. The molecule has 2 N–H and O–H groups in total. The molecule has 2 heterocycles. The lowest BCUT2D eigenvalue weighted by molar-refractivity contribution is -0.130. The lowest BCUT2D eigenvalue weighted by Gasteiger charge is -2.31. The Balaban J connectivity index is 1.58. The van der Waals surface area contributed by atoms with Crippen molar-refractivity contribution in [3.8, 4) is 0 Å². The zero-order valence-electron chi connectivity index (χ0n) is 14.5. The molecule has 0 spiro atoms. The molecular formula is C18H24N4O3. The van der Waals surface area contributed by atoms with Gasteiger partial charge >= 0.3 is 0 Å². The van der Waals surface area contributed by atoms with E-state index in [-0.39, 0.29) is 30.1 Å². The second-order valence-electron chi connectivity index (χ2n) is 6.74. The van der Waals surface area contributed by atoms with Crippen LogP contribution in [0.1, 0.15) is 48.9 Å². The maximum atomic E-state index is 12.5. The minimum Gasteiger partial charge on any atom is -0.355 e. The van der Waals surface area contributed by atoms with Gasteiger partial charge in [-0.15, -0.1) is 0 Å². The molecule has 134 valence electrons. The van der Waals surface area contributed by atoms with E-state index < -0.39 is 0 Å². The number of hydrogen-bond acceptors (Lipinski definition) is 4. The maximum Gasteiger partial charge on any atom is 0.252 e. The molecule has 2 fully saturated rings. The van der Waals surface area contributed by atoms with E-state index in [9.17, 15) is 14.4 Å². The van der Waals surface area contributed by atoms with E-state index in [1.165, 1.54) is 12.6 Å². The van der Waals surface area contributed by atoms with Gasteiger partial charge in [-0.1, -0.05) is 19.3 Å². The monoisotopic (exact) mass is 344 g/mol. The standard InChI is InChI=1S/C18H24N4O3/c1-19-17(24)12-7-8-15(20-10-12)21-18(25)13-9-16(23)22(11-13)14-5-3-2-4-6-14/h7-8,10,13-14H,2-6,9,11H2,1H3,(H,19,24)(H,20,21,25). The van der Waals surface area contributed by atoms with E-state index in [4.69, 9.17) is 0 Å². The number of nitrogens with one attached hydrogen (secondary N) is 2. The Kier molecular flexibility index (Phi) is 5.31. The van der Waals surface area contributed by atoms with Gasteiger partial charge in [0.1, 0.15) is 5.82 Å². The zero-order valence-corrected chi connectivity index (χ0v) is 14.5. The van der Waals surface area contributed by atoms with E-state index in [0.717, 1.165) is 25.7 Å². The smallest absolute Gasteiger partial charge is 0.252 e. The molecule has 0 radical (unpaired) electrons. The zero-order chi connectivity index (χ0) is 17.8. The molecule has 7 heteroatoms. The van der Waals surface area contributed by atoms with Gasteiger partial charge < -0.3 is 15.5 Å². The number of amides is 3. The number of likely N-dealkylation sites (tertiary alicyclic amines) is 1. The lowest BCUT2D eigenvalue weighted by atomic mass is 9.94. The summed E-state index contributed by atoms with van der Waals surface area (Å²) in [5.41, 5.74) is 0.431. The Morgan fingerprint density at radius 1 is 1.20 bits per heavy atom. The number of carbonyl (C=O) groups is 3. The molecular weight excluding hydrogens is 320 g/mol. The van der Waals surface area contributed by atoms with Crippen molar-refractivity contribution in [2.24, 2.45) is 5.92 Å². The van der Waals surface area contributed by atoms with Crippen LogP contribution in [0, 0.1) is 5.92 Å². The molecule has 3 rings (SSSR count). The van der Waals surface area contributed by atoms with Gasteiger partial charge in [0.05, 0.1) is 11.5 Å². The van der Waals surface area contributed by atoms with Gasteiger partial charge in [-0.3, -0.25) is 14.4 Å². The largest absolute Gasteiger partial charge is 0.355 e. The average molecular weight is 344 g/mol. The number of anilines is 1. The summed E-state index contributed by atoms with van der Waals surface area (Å²) in [5.74, 6) is -0.284. The number of rotatable bonds is 4. The highest BCUT2D eigenvalue weighted by Crippen LogP contribution is 2.29. The van der Waals surface area contributed by atoms with Crippen molar-refractivity contribution in [3.63, 3.8) is 0 Å². The van der Waals surface area contributed by atoms with E-state index in [0.29, 0.717) is 24.0 Å². The first-order chi connectivity index (χ1) is 12.1. The summed E-state index contributed by atoms with van der Waals surface area (Å²) >= 11 is 0. The summed E-state index contributed by atoms with van der Waals surface area (Å²) in [6.07, 6.45) is 7.33. The minimum absolute atomic E-state index is 0.0787. The first kappa shape index (κ1) is 17.4. The predicted molar refractivity (Wildman–Crippen MR) is 92.9 cm³/mol. The Morgan fingerprint density at radius 2 is 1.96 bits per heavy atom. The third-order valence-electron chi connectivity index (χ3n) is 5.05. The molecule has 25 heavy (non-hydrogen) atoms. The SMILES string of the molecule is CNC(=O)c1ccc(NC(=O)C2CC(=O)N(C3CCCCC3)C2)nc1. The summed E-state index contributed by atoms with van der Waals surface area (Å²) in [4.78, 5) is 42.2. The van der Waals surface area contributed by atoms with Gasteiger partial charge in [0.25, 0.3) is 5.91 Å².